The Hall–Kier alpha value is -2.52. The number of likely N-dealkylation sites (N-methyl/N-ethyl adjacent to an activating group) is 1. The summed E-state index contributed by atoms with van der Waals surface area (Å²) in [5, 5.41) is 4.38. The number of imide groups is 1. The van der Waals surface area contributed by atoms with Crippen LogP contribution in [0.2, 0.25) is 0 Å². The van der Waals surface area contributed by atoms with Gasteiger partial charge in [-0.05, 0) is 12.1 Å². The Morgan fingerprint density at radius 3 is 2.56 bits per heavy atom. The van der Waals surface area contributed by atoms with Crippen molar-refractivity contribution >= 4 is 23.5 Å². The number of halogens is 1. The normalized spacial score (nSPS) is 15.4. The van der Waals surface area contributed by atoms with Crippen LogP contribution in [0.15, 0.2) is 24.3 Å². The zero-order valence-electron chi connectivity index (χ0n) is 14.0. The molecule has 25 heavy (non-hydrogen) atoms. The second-order valence-corrected chi connectivity index (χ2v) is 5.79. The van der Waals surface area contributed by atoms with Crippen LogP contribution in [-0.4, -0.2) is 69.2 Å². The Kier molecular flexibility index (Phi) is 6.84. The van der Waals surface area contributed by atoms with Gasteiger partial charge in [-0.1, -0.05) is 12.1 Å². The van der Waals surface area contributed by atoms with Gasteiger partial charge < -0.3 is 19.9 Å². The lowest BCUT2D eigenvalue weighted by Gasteiger charge is -2.27. The van der Waals surface area contributed by atoms with Gasteiger partial charge in [-0.3, -0.25) is 14.9 Å². The molecule has 0 spiro atoms. The third-order valence-electron chi connectivity index (χ3n) is 3.65. The second kappa shape index (κ2) is 9.09. The lowest BCUT2D eigenvalue weighted by molar-refractivity contribution is -0.862. The predicted octanol–water partition coefficient (Wildman–Crippen LogP) is -1.15. The molecular formula is C16H22FN4O4+. The molecule has 1 saturated heterocycles. The average Bonchev–Trinajstić information content (AvgIpc) is 2.57. The molecule has 0 bridgehead atoms. The molecule has 1 aromatic carbocycles. The summed E-state index contributed by atoms with van der Waals surface area (Å²) in [7, 11) is 1.69. The van der Waals surface area contributed by atoms with Gasteiger partial charge in [-0.25, -0.2) is 9.18 Å². The number of rotatable bonds is 5. The summed E-state index contributed by atoms with van der Waals surface area (Å²) < 4.78 is 18.6. The first kappa shape index (κ1) is 18.8. The van der Waals surface area contributed by atoms with Gasteiger partial charge in [0.2, 0.25) is 0 Å². The van der Waals surface area contributed by atoms with E-state index in [9.17, 15) is 18.8 Å². The maximum atomic E-state index is 13.4. The third kappa shape index (κ3) is 6.12. The maximum Gasteiger partial charge on any atom is 0.326 e. The van der Waals surface area contributed by atoms with E-state index in [1.165, 1.54) is 18.2 Å². The van der Waals surface area contributed by atoms with Crippen molar-refractivity contribution in [1.82, 2.24) is 10.2 Å². The maximum absolute atomic E-state index is 13.4. The SMILES string of the molecule is C[NH+](CC(=O)NC(=O)Nc1ccccc1F)CC(=O)N1CCOCC1. The highest BCUT2D eigenvalue weighted by Gasteiger charge is 2.22. The van der Waals surface area contributed by atoms with Crippen LogP contribution in [0.4, 0.5) is 14.9 Å². The lowest BCUT2D eigenvalue weighted by atomic mass is 10.3. The van der Waals surface area contributed by atoms with Gasteiger partial charge in [0.1, 0.15) is 5.82 Å². The van der Waals surface area contributed by atoms with Crippen molar-refractivity contribution in [1.29, 1.82) is 0 Å². The molecule has 2 rings (SSSR count). The number of benzene rings is 1. The van der Waals surface area contributed by atoms with Gasteiger partial charge in [-0.15, -0.1) is 0 Å². The molecule has 3 N–H and O–H groups in total. The molecule has 8 nitrogen and oxygen atoms in total. The summed E-state index contributed by atoms with van der Waals surface area (Å²) in [6.45, 7) is 2.21. The minimum absolute atomic E-state index is 0.0176. The zero-order valence-corrected chi connectivity index (χ0v) is 14.0. The van der Waals surface area contributed by atoms with Crippen molar-refractivity contribution in [3.05, 3.63) is 30.1 Å². The molecule has 1 aliphatic heterocycles. The quantitative estimate of drug-likeness (QED) is 0.623. The van der Waals surface area contributed by atoms with Crippen molar-refractivity contribution < 1.29 is 28.4 Å². The van der Waals surface area contributed by atoms with Gasteiger partial charge in [0.05, 0.1) is 25.9 Å². The molecular weight excluding hydrogens is 331 g/mol. The first-order valence-corrected chi connectivity index (χ1v) is 7.98. The number of amides is 4. The van der Waals surface area contributed by atoms with E-state index in [1.54, 1.807) is 18.0 Å². The van der Waals surface area contributed by atoms with E-state index < -0.39 is 17.8 Å². The topological polar surface area (TPSA) is 92.2 Å². The number of carbonyl (C=O) groups excluding carboxylic acids is 3. The van der Waals surface area contributed by atoms with E-state index in [2.05, 4.69) is 10.6 Å². The van der Waals surface area contributed by atoms with Crippen molar-refractivity contribution in [2.45, 2.75) is 0 Å². The van der Waals surface area contributed by atoms with E-state index in [0.717, 1.165) is 0 Å². The zero-order chi connectivity index (χ0) is 18.2. The summed E-state index contributed by atoms with van der Waals surface area (Å²) >= 11 is 0. The number of hydrogen-bond acceptors (Lipinski definition) is 4. The first-order chi connectivity index (χ1) is 12.0. The predicted molar refractivity (Wildman–Crippen MR) is 87.6 cm³/mol. The molecule has 136 valence electrons. The molecule has 1 heterocycles. The Bertz CT molecular complexity index is 634. The molecule has 1 atom stereocenters. The van der Waals surface area contributed by atoms with E-state index in [-0.39, 0.29) is 24.7 Å². The number of quaternary nitrogens is 1. The Morgan fingerprint density at radius 2 is 1.88 bits per heavy atom. The van der Waals surface area contributed by atoms with Gasteiger partial charge in [0.15, 0.2) is 13.1 Å². The van der Waals surface area contributed by atoms with Gasteiger partial charge in [0.25, 0.3) is 11.8 Å². The number of nitrogens with one attached hydrogen (secondary N) is 3. The van der Waals surface area contributed by atoms with E-state index in [0.29, 0.717) is 31.2 Å². The molecule has 9 heteroatoms. The number of nitrogens with zero attached hydrogens (tertiary/aromatic N) is 1. The van der Waals surface area contributed by atoms with E-state index in [1.807, 2.05) is 0 Å². The van der Waals surface area contributed by atoms with Gasteiger partial charge in [0, 0.05) is 13.1 Å². The molecule has 0 saturated carbocycles. The van der Waals surface area contributed by atoms with E-state index in [4.69, 9.17) is 4.74 Å². The highest BCUT2D eigenvalue weighted by molar-refractivity contribution is 6.01. The van der Waals surface area contributed by atoms with Crippen LogP contribution >= 0.6 is 0 Å². The monoisotopic (exact) mass is 353 g/mol. The first-order valence-electron chi connectivity index (χ1n) is 7.98. The van der Waals surface area contributed by atoms with Crippen LogP contribution in [0.1, 0.15) is 0 Å². The molecule has 1 aromatic rings. The molecule has 0 aliphatic carbocycles. The number of ether oxygens (including phenoxy) is 1. The van der Waals surface area contributed by atoms with Crippen LogP contribution in [-0.2, 0) is 14.3 Å². The number of anilines is 1. The fraction of sp³-hybridized carbons (Fsp3) is 0.438. The minimum atomic E-state index is -0.817. The number of para-hydroxylation sites is 1. The number of hydrogen-bond donors (Lipinski definition) is 3. The number of urea groups is 1. The van der Waals surface area contributed by atoms with Gasteiger partial charge >= 0.3 is 6.03 Å². The molecule has 1 fully saturated rings. The third-order valence-corrected chi connectivity index (χ3v) is 3.65. The largest absolute Gasteiger partial charge is 0.378 e. The standard InChI is InChI=1S/C16H21FN4O4/c1-20(11-15(23)21-6-8-25-9-7-21)10-14(22)19-16(24)18-13-5-3-2-4-12(13)17/h2-5H,6-11H2,1H3,(H2,18,19,22,24)/p+1. The summed E-state index contributed by atoms with van der Waals surface area (Å²) in [5.74, 6) is -1.21. The fourth-order valence-electron chi connectivity index (χ4n) is 2.41. The molecule has 4 amide bonds. The molecule has 0 aromatic heterocycles. The van der Waals surface area contributed by atoms with Crippen molar-refractivity contribution in [3.8, 4) is 0 Å². The molecule has 0 radical (unpaired) electrons. The molecule has 1 unspecified atom stereocenters. The second-order valence-electron chi connectivity index (χ2n) is 5.79. The highest BCUT2D eigenvalue weighted by Crippen LogP contribution is 2.11. The number of morpholine rings is 1. The van der Waals surface area contributed by atoms with Crippen molar-refractivity contribution in [3.63, 3.8) is 0 Å². The van der Waals surface area contributed by atoms with Crippen LogP contribution in [0.3, 0.4) is 0 Å². The minimum Gasteiger partial charge on any atom is -0.378 e. The van der Waals surface area contributed by atoms with E-state index >= 15 is 0 Å². The van der Waals surface area contributed by atoms with Crippen LogP contribution in [0.25, 0.3) is 0 Å². The fourth-order valence-corrected chi connectivity index (χ4v) is 2.41. The smallest absolute Gasteiger partial charge is 0.326 e. The lowest BCUT2D eigenvalue weighted by Crippen LogP contribution is -3.11. The Balaban J connectivity index is 1.74. The van der Waals surface area contributed by atoms with Crippen molar-refractivity contribution in [2.24, 2.45) is 0 Å². The van der Waals surface area contributed by atoms with Crippen LogP contribution in [0.5, 0.6) is 0 Å². The van der Waals surface area contributed by atoms with Gasteiger partial charge in [-0.2, -0.15) is 0 Å². The van der Waals surface area contributed by atoms with Crippen molar-refractivity contribution in [2.75, 3.05) is 51.8 Å². The highest BCUT2D eigenvalue weighted by atomic mass is 19.1. The van der Waals surface area contributed by atoms with Crippen LogP contribution < -0.4 is 15.5 Å². The average molecular weight is 353 g/mol. The number of carbonyl (C=O) groups is 3. The van der Waals surface area contributed by atoms with Crippen LogP contribution in [0, 0.1) is 5.82 Å². The summed E-state index contributed by atoms with van der Waals surface area (Å²) in [6.07, 6.45) is 0. The molecule has 1 aliphatic rings. The summed E-state index contributed by atoms with van der Waals surface area (Å²) in [4.78, 5) is 38.0. The summed E-state index contributed by atoms with van der Waals surface area (Å²) in [6, 6.07) is 4.83. The Labute approximate surface area is 144 Å². The Morgan fingerprint density at radius 1 is 1.20 bits per heavy atom. The summed E-state index contributed by atoms with van der Waals surface area (Å²) in [5.41, 5.74) is -0.0176.